The van der Waals surface area contributed by atoms with E-state index in [-0.39, 0.29) is 0 Å². The molecule has 3 nitrogen and oxygen atoms in total. The van der Waals surface area contributed by atoms with Crippen LogP contribution in [0.4, 0.5) is 0 Å². The van der Waals surface area contributed by atoms with Crippen molar-refractivity contribution in [2.75, 3.05) is 13.1 Å². The van der Waals surface area contributed by atoms with E-state index in [1.165, 1.54) is 30.6 Å². The number of fused-ring (bicyclic) bond motifs is 1. The Bertz CT molecular complexity index is 368. The third kappa shape index (κ3) is 3.77. The van der Waals surface area contributed by atoms with Gasteiger partial charge in [-0.1, -0.05) is 20.8 Å². The highest BCUT2D eigenvalue weighted by atomic mass is 15.1. The molecule has 1 aliphatic rings. The molecule has 2 rings (SSSR count). The Morgan fingerprint density at radius 1 is 1.35 bits per heavy atom. The van der Waals surface area contributed by atoms with Crippen molar-refractivity contribution < 1.29 is 0 Å². The second-order valence-corrected chi connectivity index (χ2v) is 6.19. The Labute approximate surface area is 104 Å². The van der Waals surface area contributed by atoms with E-state index in [0.29, 0.717) is 5.41 Å². The zero-order valence-electron chi connectivity index (χ0n) is 11.2. The van der Waals surface area contributed by atoms with Gasteiger partial charge >= 0.3 is 0 Å². The van der Waals surface area contributed by atoms with Gasteiger partial charge in [-0.2, -0.15) is 0 Å². The fourth-order valence-electron chi connectivity index (χ4n) is 2.35. The summed E-state index contributed by atoms with van der Waals surface area (Å²) in [7, 11) is 0. The highest BCUT2D eigenvalue weighted by Gasteiger charge is 2.17. The van der Waals surface area contributed by atoms with Gasteiger partial charge in [-0.25, -0.2) is 9.97 Å². The Morgan fingerprint density at radius 2 is 2.18 bits per heavy atom. The molecule has 0 N–H and O–H groups in total. The van der Waals surface area contributed by atoms with Gasteiger partial charge in [0.15, 0.2) is 0 Å². The van der Waals surface area contributed by atoms with Crippen molar-refractivity contribution in [1.29, 1.82) is 0 Å². The van der Waals surface area contributed by atoms with E-state index in [1.54, 1.807) is 6.33 Å². The number of aromatic nitrogens is 2. The highest BCUT2D eigenvalue weighted by Crippen LogP contribution is 2.22. The van der Waals surface area contributed by atoms with Gasteiger partial charge < -0.3 is 0 Å². The maximum Gasteiger partial charge on any atom is 0.115 e. The number of hydrogen-bond donors (Lipinski definition) is 0. The quantitative estimate of drug-likeness (QED) is 0.803. The Morgan fingerprint density at radius 3 is 2.94 bits per heavy atom. The smallest absolute Gasteiger partial charge is 0.115 e. The fraction of sp³-hybridized carbons (Fsp3) is 0.714. The average molecular weight is 233 g/mol. The van der Waals surface area contributed by atoms with E-state index in [9.17, 15) is 0 Å². The lowest BCUT2D eigenvalue weighted by Crippen LogP contribution is -2.32. The summed E-state index contributed by atoms with van der Waals surface area (Å²) in [5, 5.41) is 0. The van der Waals surface area contributed by atoms with Crippen molar-refractivity contribution in [2.24, 2.45) is 5.41 Å². The van der Waals surface area contributed by atoms with Gasteiger partial charge in [0.2, 0.25) is 0 Å². The van der Waals surface area contributed by atoms with E-state index < -0.39 is 0 Å². The van der Waals surface area contributed by atoms with Crippen molar-refractivity contribution in [1.82, 2.24) is 14.9 Å². The molecule has 1 aromatic rings. The number of rotatable bonds is 3. The Kier molecular flexibility index (Phi) is 3.77. The van der Waals surface area contributed by atoms with Crippen LogP contribution in [0, 0.1) is 5.41 Å². The van der Waals surface area contributed by atoms with E-state index >= 15 is 0 Å². The van der Waals surface area contributed by atoms with Crippen LogP contribution in [0.3, 0.4) is 0 Å². The molecule has 17 heavy (non-hydrogen) atoms. The Balaban J connectivity index is 1.82. The highest BCUT2D eigenvalue weighted by molar-refractivity contribution is 5.18. The predicted octanol–water partition coefficient (Wildman–Crippen LogP) is 2.66. The van der Waals surface area contributed by atoms with E-state index in [2.05, 4.69) is 35.6 Å². The van der Waals surface area contributed by atoms with E-state index in [4.69, 9.17) is 0 Å². The van der Waals surface area contributed by atoms with Gasteiger partial charge in [-0.3, -0.25) is 4.90 Å². The molecule has 94 valence electrons. The first-order valence-corrected chi connectivity index (χ1v) is 6.55. The molecular formula is C14H23N3. The molecule has 0 radical (unpaired) electrons. The minimum atomic E-state index is 0.455. The van der Waals surface area contributed by atoms with Crippen LogP contribution in [0.25, 0.3) is 0 Å². The van der Waals surface area contributed by atoms with Gasteiger partial charge in [0.25, 0.3) is 0 Å². The maximum absolute atomic E-state index is 4.34. The lowest BCUT2D eigenvalue weighted by Gasteiger charge is -2.28. The monoisotopic (exact) mass is 233 g/mol. The molecule has 0 aromatic carbocycles. The number of nitrogens with zero attached hydrogens (tertiary/aromatic N) is 3. The molecule has 0 saturated heterocycles. The maximum atomic E-state index is 4.34. The van der Waals surface area contributed by atoms with Gasteiger partial charge in [0.1, 0.15) is 6.33 Å². The summed E-state index contributed by atoms with van der Waals surface area (Å²) in [6, 6.07) is 0. The summed E-state index contributed by atoms with van der Waals surface area (Å²) >= 11 is 0. The fourth-order valence-corrected chi connectivity index (χ4v) is 2.35. The van der Waals surface area contributed by atoms with Crippen LogP contribution in [0.15, 0.2) is 12.5 Å². The third-order valence-corrected chi connectivity index (χ3v) is 3.34. The lowest BCUT2D eigenvalue weighted by atomic mass is 9.90. The molecule has 0 saturated carbocycles. The second-order valence-electron chi connectivity index (χ2n) is 6.19. The summed E-state index contributed by atoms with van der Waals surface area (Å²) in [6.45, 7) is 10.3. The average Bonchev–Trinajstić information content (AvgIpc) is 2.27. The van der Waals surface area contributed by atoms with Crippen LogP contribution in [-0.2, 0) is 13.0 Å². The van der Waals surface area contributed by atoms with Gasteiger partial charge in [0.05, 0.1) is 0 Å². The van der Waals surface area contributed by atoms with Gasteiger partial charge in [-0.05, 0) is 24.8 Å². The van der Waals surface area contributed by atoms with Crippen LogP contribution in [0.1, 0.15) is 44.9 Å². The lowest BCUT2D eigenvalue weighted by molar-refractivity contribution is 0.230. The largest absolute Gasteiger partial charge is 0.299 e. The standard InChI is InChI=1S/C14H23N3/c1-14(2,3)6-4-7-17-8-5-13-12(10-17)9-15-11-16-13/h9,11H,4-8,10H2,1-3H3. The normalized spacial score (nSPS) is 16.9. The van der Waals surface area contributed by atoms with Gasteiger partial charge in [0, 0.05) is 37.0 Å². The molecule has 0 bridgehead atoms. The van der Waals surface area contributed by atoms with Crippen molar-refractivity contribution in [2.45, 2.75) is 46.6 Å². The summed E-state index contributed by atoms with van der Waals surface area (Å²) < 4.78 is 0. The minimum Gasteiger partial charge on any atom is -0.299 e. The summed E-state index contributed by atoms with van der Waals surface area (Å²) in [5.74, 6) is 0. The van der Waals surface area contributed by atoms with Crippen LogP contribution >= 0.6 is 0 Å². The molecular weight excluding hydrogens is 210 g/mol. The Hall–Kier alpha value is -0.960. The van der Waals surface area contributed by atoms with E-state index in [0.717, 1.165) is 19.5 Å². The van der Waals surface area contributed by atoms with Crippen molar-refractivity contribution in [3.63, 3.8) is 0 Å². The first kappa shape index (κ1) is 12.5. The van der Waals surface area contributed by atoms with Crippen LogP contribution < -0.4 is 0 Å². The molecule has 0 amide bonds. The second kappa shape index (κ2) is 5.13. The summed E-state index contributed by atoms with van der Waals surface area (Å²) in [6.07, 6.45) is 7.29. The van der Waals surface area contributed by atoms with Crippen LogP contribution in [0.2, 0.25) is 0 Å². The minimum absolute atomic E-state index is 0.455. The van der Waals surface area contributed by atoms with Crippen molar-refractivity contribution in [3.8, 4) is 0 Å². The third-order valence-electron chi connectivity index (χ3n) is 3.34. The molecule has 0 atom stereocenters. The molecule has 0 fully saturated rings. The topological polar surface area (TPSA) is 29.0 Å². The van der Waals surface area contributed by atoms with Crippen LogP contribution in [0.5, 0.6) is 0 Å². The first-order valence-electron chi connectivity index (χ1n) is 6.55. The van der Waals surface area contributed by atoms with Gasteiger partial charge in [-0.15, -0.1) is 0 Å². The molecule has 3 heteroatoms. The first-order chi connectivity index (χ1) is 8.04. The van der Waals surface area contributed by atoms with E-state index in [1.807, 2.05) is 6.20 Å². The van der Waals surface area contributed by atoms with Crippen molar-refractivity contribution in [3.05, 3.63) is 23.8 Å². The summed E-state index contributed by atoms with van der Waals surface area (Å²) in [4.78, 5) is 11.0. The molecule has 1 aliphatic heterocycles. The van der Waals surface area contributed by atoms with Crippen LogP contribution in [-0.4, -0.2) is 28.0 Å². The van der Waals surface area contributed by atoms with Crippen molar-refractivity contribution >= 4 is 0 Å². The zero-order chi connectivity index (χ0) is 12.3. The predicted molar refractivity (Wildman–Crippen MR) is 69.7 cm³/mol. The molecule has 2 heterocycles. The number of hydrogen-bond acceptors (Lipinski definition) is 3. The molecule has 1 aromatic heterocycles. The SMILES string of the molecule is CC(C)(C)CCCN1CCc2ncncc2C1. The molecule has 0 aliphatic carbocycles. The summed E-state index contributed by atoms with van der Waals surface area (Å²) in [5.41, 5.74) is 3.01. The molecule has 0 unspecified atom stereocenters. The zero-order valence-corrected chi connectivity index (χ0v) is 11.2. The molecule has 0 spiro atoms.